The van der Waals surface area contributed by atoms with E-state index in [1.54, 1.807) is 43.1 Å². The van der Waals surface area contributed by atoms with E-state index >= 15 is 0 Å². The lowest BCUT2D eigenvalue weighted by Crippen LogP contribution is -2.15. The molecule has 58 heavy (non-hydrogen) atoms. The number of carboxylic acid groups (broad SMARTS) is 1. The van der Waals surface area contributed by atoms with Crippen LogP contribution in [0.2, 0.25) is 5.28 Å². The number of nitrogens with one attached hydrogen (secondary N) is 2. The molecule has 0 amide bonds. The van der Waals surface area contributed by atoms with Crippen molar-refractivity contribution >= 4 is 110 Å². The average Bonchev–Trinajstić information content (AvgIpc) is 3.12. The van der Waals surface area contributed by atoms with Crippen LogP contribution in [0.15, 0.2) is 97.7 Å². The van der Waals surface area contributed by atoms with Crippen molar-refractivity contribution in [3.8, 4) is 5.75 Å². The number of aromatic hydroxyl groups is 1. The second-order valence-electron chi connectivity index (χ2n) is 12.4. The molecule has 0 bridgehead atoms. The van der Waals surface area contributed by atoms with Crippen LogP contribution in [0.25, 0.3) is 21.5 Å². The lowest BCUT2D eigenvalue weighted by molar-refractivity contribution is -0.136. The zero-order valence-electron chi connectivity index (χ0n) is 29.7. The molecule has 1 aromatic heterocycles. The highest BCUT2D eigenvalue weighted by molar-refractivity contribution is 7.86. The topological polar surface area (TPSA) is 311 Å². The third-order valence-corrected chi connectivity index (χ3v) is 11.4. The fourth-order valence-corrected chi connectivity index (χ4v) is 8.21. The summed E-state index contributed by atoms with van der Waals surface area (Å²) in [5.41, 5.74) is 0.626. The molecular weight excluding hydrogens is 844 g/mol. The predicted molar refractivity (Wildman–Crippen MR) is 211 cm³/mol. The van der Waals surface area contributed by atoms with Gasteiger partial charge in [-0.25, -0.2) is 0 Å². The predicted octanol–water partition coefficient (Wildman–Crippen LogP) is 6.40. The number of hydrogen-bond donors (Lipinski definition) is 7. The van der Waals surface area contributed by atoms with Gasteiger partial charge in [0.15, 0.2) is 5.75 Å². The van der Waals surface area contributed by atoms with E-state index in [0.717, 1.165) is 18.2 Å². The van der Waals surface area contributed by atoms with Gasteiger partial charge >= 0.3 is 5.97 Å². The highest BCUT2D eigenvalue weighted by atomic mass is 35.5. The molecule has 1 heterocycles. The Hall–Kier alpha value is -6.08. The van der Waals surface area contributed by atoms with Gasteiger partial charge in [0.2, 0.25) is 17.2 Å². The van der Waals surface area contributed by atoms with E-state index in [0.29, 0.717) is 22.0 Å². The van der Waals surface area contributed by atoms with Gasteiger partial charge in [0.05, 0.1) is 12.1 Å². The van der Waals surface area contributed by atoms with Crippen molar-refractivity contribution in [3.05, 3.63) is 83.6 Å². The Balaban J connectivity index is 1.30. The number of carboxylic acids is 1. The van der Waals surface area contributed by atoms with Crippen LogP contribution in [0.1, 0.15) is 12.0 Å². The minimum atomic E-state index is -5.02. The van der Waals surface area contributed by atoms with Gasteiger partial charge in [-0.15, -0.1) is 10.2 Å². The van der Waals surface area contributed by atoms with Crippen LogP contribution in [0.5, 0.6) is 5.75 Å². The minimum absolute atomic E-state index is 0.0495. The molecule has 0 saturated heterocycles. The summed E-state index contributed by atoms with van der Waals surface area (Å²) in [6.07, 6.45) is -0.333. The number of halogens is 1. The molecular formula is C34H29ClN8O12S3. The van der Waals surface area contributed by atoms with E-state index in [2.05, 4.69) is 35.8 Å². The van der Waals surface area contributed by atoms with Crippen LogP contribution < -0.4 is 15.5 Å². The van der Waals surface area contributed by atoms with Crippen LogP contribution in [0.4, 0.5) is 40.3 Å². The summed E-state index contributed by atoms with van der Waals surface area (Å²) in [6.45, 7) is 1.46. The average molecular weight is 873 g/mol. The molecule has 6 aromatic rings. The van der Waals surface area contributed by atoms with Gasteiger partial charge < -0.3 is 25.7 Å². The third kappa shape index (κ3) is 8.89. The lowest BCUT2D eigenvalue weighted by atomic mass is 10.0. The van der Waals surface area contributed by atoms with Gasteiger partial charge in [0, 0.05) is 41.1 Å². The summed E-state index contributed by atoms with van der Waals surface area (Å²) in [5.74, 6) is -1.47. The van der Waals surface area contributed by atoms with Crippen molar-refractivity contribution in [2.45, 2.75) is 28.0 Å². The first-order valence-electron chi connectivity index (χ1n) is 16.3. The van der Waals surface area contributed by atoms with Crippen LogP contribution in [-0.4, -0.2) is 83.6 Å². The van der Waals surface area contributed by atoms with E-state index in [9.17, 15) is 48.8 Å². The normalized spacial score (nSPS) is 12.3. The smallest absolute Gasteiger partial charge is 0.305 e. The number of benzene rings is 5. The minimum Gasteiger partial charge on any atom is -0.505 e. The van der Waals surface area contributed by atoms with E-state index < -0.39 is 51.0 Å². The highest BCUT2D eigenvalue weighted by Crippen LogP contribution is 2.42. The number of anilines is 5. The van der Waals surface area contributed by atoms with Crippen molar-refractivity contribution in [2.24, 2.45) is 10.2 Å². The molecule has 0 saturated carbocycles. The van der Waals surface area contributed by atoms with Gasteiger partial charge in [0.25, 0.3) is 30.4 Å². The number of nitrogens with zero attached hydrogens (tertiary/aromatic N) is 6. The van der Waals surface area contributed by atoms with E-state index in [1.165, 1.54) is 30.3 Å². The number of phenolic OH excluding ortho intramolecular Hbond substituents is 1. The summed E-state index contributed by atoms with van der Waals surface area (Å²) in [5, 5.41) is 34.0. The Labute approximate surface area is 334 Å². The summed E-state index contributed by atoms with van der Waals surface area (Å²) in [7, 11) is -12.8. The van der Waals surface area contributed by atoms with Crippen molar-refractivity contribution in [3.63, 3.8) is 0 Å². The Morgan fingerprint density at radius 1 is 0.810 bits per heavy atom. The Bertz CT molecular complexity index is 3040. The Morgan fingerprint density at radius 2 is 1.52 bits per heavy atom. The maximum atomic E-state index is 12.5. The molecule has 5 aromatic carbocycles. The molecule has 0 aliphatic heterocycles. The fraction of sp³-hybridized carbons (Fsp3) is 0.118. The van der Waals surface area contributed by atoms with Gasteiger partial charge in [-0.3, -0.25) is 18.5 Å². The number of aromatic nitrogens is 3. The fourth-order valence-electron chi connectivity index (χ4n) is 5.87. The summed E-state index contributed by atoms with van der Waals surface area (Å²) in [4.78, 5) is 23.3. The van der Waals surface area contributed by atoms with Gasteiger partial charge in [-0.05, 0) is 84.1 Å². The van der Waals surface area contributed by atoms with Crippen molar-refractivity contribution in [1.29, 1.82) is 0 Å². The van der Waals surface area contributed by atoms with Gasteiger partial charge in [-0.1, -0.05) is 18.2 Å². The molecule has 0 atom stereocenters. The van der Waals surface area contributed by atoms with E-state index in [1.807, 2.05) is 0 Å². The summed E-state index contributed by atoms with van der Waals surface area (Å²) in [6, 6.07) is 16.0. The van der Waals surface area contributed by atoms with Crippen molar-refractivity contribution < 1.29 is 53.9 Å². The van der Waals surface area contributed by atoms with Crippen LogP contribution >= 0.6 is 11.6 Å². The molecule has 0 unspecified atom stereocenters. The van der Waals surface area contributed by atoms with Crippen molar-refractivity contribution in [2.75, 3.05) is 29.1 Å². The Morgan fingerprint density at radius 3 is 2.19 bits per heavy atom. The maximum Gasteiger partial charge on any atom is 0.305 e. The maximum absolute atomic E-state index is 12.5. The highest BCUT2D eigenvalue weighted by Gasteiger charge is 2.24. The monoisotopic (exact) mass is 872 g/mol. The molecule has 7 N–H and O–H groups in total. The first-order valence-corrected chi connectivity index (χ1v) is 21.0. The first kappa shape index (κ1) is 41.6. The second-order valence-corrected chi connectivity index (χ2v) is 16.9. The zero-order valence-corrected chi connectivity index (χ0v) is 32.9. The van der Waals surface area contributed by atoms with Gasteiger partial charge in [0.1, 0.15) is 26.1 Å². The number of rotatable bonds is 13. The van der Waals surface area contributed by atoms with E-state index in [-0.39, 0.29) is 69.4 Å². The van der Waals surface area contributed by atoms with Crippen molar-refractivity contribution in [1.82, 2.24) is 15.0 Å². The Kier molecular flexibility index (Phi) is 11.2. The molecule has 0 aliphatic rings. The second kappa shape index (κ2) is 15.7. The molecule has 20 nitrogen and oxygen atoms in total. The molecule has 24 heteroatoms. The van der Waals surface area contributed by atoms with Crippen LogP contribution in [-0.2, 0) is 35.1 Å². The number of hydrogen-bond acceptors (Lipinski definition) is 16. The summed E-state index contributed by atoms with van der Waals surface area (Å²) < 4.78 is 102. The first-order chi connectivity index (χ1) is 27.1. The molecule has 0 spiro atoms. The summed E-state index contributed by atoms with van der Waals surface area (Å²) >= 11 is 6.24. The molecule has 302 valence electrons. The molecule has 6 rings (SSSR count). The largest absolute Gasteiger partial charge is 0.505 e. The van der Waals surface area contributed by atoms with Crippen LogP contribution in [0.3, 0.4) is 0 Å². The van der Waals surface area contributed by atoms with Crippen LogP contribution in [0, 0.1) is 6.92 Å². The van der Waals surface area contributed by atoms with E-state index in [4.69, 9.17) is 16.7 Å². The number of phenols is 1. The quantitative estimate of drug-likeness (QED) is 0.0487. The molecule has 0 fully saturated rings. The number of azo groups is 1. The lowest BCUT2D eigenvalue weighted by Gasteiger charge is -2.19. The van der Waals surface area contributed by atoms with Gasteiger partial charge in [-0.2, -0.15) is 40.2 Å². The standard InChI is InChI=1S/C34H29ClN8O12S3/c1-17-14-18-15-20(43(2)34-39-32(35)38-33(40-34)37-19-6-11-27(57(50,51)52)25(16-19)36-13-12-28(44)45)7-8-21(18)30(46)29(17)42-41-24-10-9-22-23(31(24)58(53,54)55)4-3-5-26(22)56(47,48)49/h3-11,14-16,36,46H,12-13H2,1-2H3,(H,44,45)(H,47,48,49)(H,50,51,52)(H,53,54,55)(H,37,38,39,40). The SMILES string of the molecule is Cc1cc2cc(N(C)c3nc(Cl)nc(Nc4ccc(S(=O)(=O)O)c(NCCC(=O)O)c4)n3)ccc2c(O)c1N=Nc1ccc2c(S(=O)(=O)O)cccc2c1S(=O)(=O)O. The molecule has 0 aliphatic carbocycles. The number of fused-ring (bicyclic) bond motifs is 2. The number of carbonyl (C=O) groups is 1. The number of aliphatic carboxylic acids is 1. The number of aryl methyl sites for hydroxylation is 1. The third-order valence-electron chi connectivity index (χ3n) is 8.46. The zero-order chi connectivity index (χ0) is 42.3. The molecule has 0 radical (unpaired) electrons.